The van der Waals surface area contributed by atoms with Crippen molar-refractivity contribution in [2.24, 2.45) is 0 Å². The van der Waals surface area contributed by atoms with Crippen LogP contribution in [-0.4, -0.2) is 5.78 Å². The number of benzene rings is 1. The summed E-state index contributed by atoms with van der Waals surface area (Å²) in [6.45, 7) is 2.28. The van der Waals surface area contributed by atoms with E-state index in [9.17, 15) is 4.79 Å². The molecule has 0 atom stereocenters. The summed E-state index contributed by atoms with van der Waals surface area (Å²) in [6.07, 6.45) is 25.2. The molecular weight excluding hydrogens is 328 g/mol. The number of unbranched alkanes of at least 4 members (excludes halogenated alkanes) is 13. The lowest BCUT2D eigenvalue weighted by Gasteiger charge is -2.02. The Morgan fingerprint density at radius 1 is 0.667 bits per heavy atom. The second-order valence-electron chi connectivity index (χ2n) is 7.83. The van der Waals surface area contributed by atoms with Gasteiger partial charge in [0, 0.05) is 12.0 Å². The van der Waals surface area contributed by atoms with Gasteiger partial charge in [-0.1, -0.05) is 114 Å². The van der Waals surface area contributed by atoms with Crippen LogP contribution in [0.15, 0.2) is 42.5 Å². The first-order valence-corrected chi connectivity index (χ1v) is 11.6. The maximum atomic E-state index is 12.0. The fourth-order valence-electron chi connectivity index (χ4n) is 3.48. The van der Waals surface area contributed by atoms with Crippen LogP contribution in [0.25, 0.3) is 0 Å². The molecule has 1 aromatic rings. The van der Waals surface area contributed by atoms with E-state index in [4.69, 9.17) is 0 Å². The fraction of sp³-hybridized carbons (Fsp3) is 0.654. The molecule has 0 amide bonds. The van der Waals surface area contributed by atoms with Gasteiger partial charge in [0.15, 0.2) is 5.78 Å². The van der Waals surface area contributed by atoms with Gasteiger partial charge in [-0.2, -0.15) is 0 Å². The van der Waals surface area contributed by atoms with E-state index in [2.05, 4.69) is 19.1 Å². The molecule has 0 radical (unpaired) electrons. The van der Waals surface area contributed by atoms with Crippen LogP contribution in [0.2, 0.25) is 0 Å². The van der Waals surface area contributed by atoms with Gasteiger partial charge in [-0.25, -0.2) is 0 Å². The van der Waals surface area contributed by atoms with Crippen molar-refractivity contribution < 1.29 is 4.79 Å². The summed E-state index contributed by atoms with van der Waals surface area (Å²) < 4.78 is 0. The predicted molar refractivity (Wildman–Crippen MR) is 119 cm³/mol. The highest BCUT2D eigenvalue weighted by atomic mass is 16.1. The number of Topliss-reactive ketones (excluding diaryl/α,β-unsaturated/α-hetero) is 1. The summed E-state index contributed by atoms with van der Waals surface area (Å²) in [6, 6.07) is 9.69. The Morgan fingerprint density at radius 2 is 1.15 bits per heavy atom. The van der Waals surface area contributed by atoms with E-state index in [1.807, 2.05) is 30.3 Å². The van der Waals surface area contributed by atoms with Gasteiger partial charge in [-0.15, -0.1) is 0 Å². The van der Waals surface area contributed by atoms with Crippen LogP contribution >= 0.6 is 0 Å². The van der Waals surface area contributed by atoms with Crippen molar-refractivity contribution in [1.82, 2.24) is 0 Å². The van der Waals surface area contributed by atoms with E-state index < -0.39 is 0 Å². The Balaban J connectivity index is 1.80. The van der Waals surface area contributed by atoms with Crippen LogP contribution in [0.1, 0.15) is 120 Å². The SMILES string of the molecule is CCCCCCCCC=CCCCCCCCCCC(=O)c1ccccc1. The molecule has 1 heteroatoms. The van der Waals surface area contributed by atoms with E-state index >= 15 is 0 Å². The van der Waals surface area contributed by atoms with Crippen molar-refractivity contribution in [3.8, 4) is 0 Å². The van der Waals surface area contributed by atoms with Crippen LogP contribution in [0, 0.1) is 0 Å². The third kappa shape index (κ3) is 14.4. The molecule has 0 aliphatic carbocycles. The molecule has 0 saturated carbocycles. The summed E-state index contributed by atoms with van der Waals surface area (Å²) >= 11 is 0. The van der Waals surface area contributed by atoms with Crippen molar-refractivity contribution in [2.75, 3.05) is 0 Å². The summed E-state index contributed by atoms with van der Waals surface area (Å²) in [7, 11) is 0. The quantitative estimate of drug-likeness (QED) is 0.143. The molecule has 0 aliphatic rings. The minimum Gasteiger partial charge on any atom is -0.294 e. The Kier molecular flexibility index (Phi) is 15.8. The molecule has 0 aliphatic heterocycles. The van der Waals surface area contributed by atoms with Crippen LogP contribution in [0.4, 0.5) is 0 Å². The van der Waals surface area contributed by atoms with E-state index in [1.54, 1.807) is 0 Å². The topological polar surface area (TPSA) is 17.1 Å². The van der Waals surface area contributed by atoms with Gasteiger partial charge < -0.3 is 0 Å². The Hall–Kier alpha value is -1.37. The third-order valence-electron chi connectivity index (χ3n) is 5.26. The van der Waals surface area contributed by atoms with Gasteiger partial charge in [-0.05, 0) is 32.1 Å². The molecule has 1 aromatic carbocycles. The Bertz CT molecular complexity index is 474. The lowest BCUT2D eigenvalue weighted by molar-refractivity contribution is 0.0979. The second kappa shape index (κ2) is 18.0. The largest absolute Gasteiger partial charge is 0.294 e. The zero-order valence-corrected chi connectivity index (χ0v) is 17.8. The first-order chi connectivity index (χ1) is 13.3. The van der Waals surface area contributed by atoms with Crippen LogP contribution < -0.4 is 0 Å². The first-order valence-electron chi connectivity index (χ1n) is 11.6. The van der Waals surface area contributed by atoms with Gasteiger partial charge in [0.25, 0.3) is 0 Å². The molecule has 1 nitrogen and oxygen atoms in total. The lowest BCUT2D eigenvalue weighted by atomic mass is 10.0. The summed E-state index contributed by atoms with van der Waals surface area (Å²) in [5.41, 5.74) is 0.863. The molecular formula is C26H42O. The van der Waals surface area contributed by atoms with Crippen molar-refractivity contribution in [3.05, 3.63) is 48.0 Å². The molecule has 0 bridgehead atoms. The fourth-order valence-corrected chi connectivity index (χ4v) is 3.48. The molecule has 0 heterocycles. The highest BCUT2D eigenvalue weighted by Gasteiger charge is 2.03. The molecule has 0 aromatic heterocycles. The number of ketones is 1. The highest BCUT2D eigenvalue weighted by Crippen LogP contribution is 2.12. The number of rotatable bonds is 18. The minimum atomic E-state index is 0.295. The minimum absolute atomic E-state index is 0.295. The van der Waals surface area contributed by atoms with Crippen molar-refractivity contribution >= 4 is 5.78 Å². The van der Waals surface area contributed by atoms with Gasteiger partial charge in [0.1, 0.15) is 0 Å². The normalized spacial score (nSPS) is 11.3. The van der Waals surface area contributed by atoms with E-state index in [0.29, 0.717) is 12.2 Å². The summed E-state index contributed by atoms with van der Waals surface area (Å²) in [4.78, 5) is 12.0. The van der Waals surface area contributed by atoms with Gasteiger partial charge in [-0.3, -0.25) is 4.79 Å². The lowest BCUT2D eigenvalue weighted by Crippen LogP contribution is -1.98. The average molecular weight is 371 g/mol. The molecule has 0 N–H and O–H groups in total. The molecule has 0 fully saturated rings. The molecule has 152 valence electrons. The molecule has 27 heavy (non-hydrogen) atoms. The maximum Gasteiger partial charge on any atom is 0.162 e. The van der Waals surface area contributed by atoms with Crippen molar-refractivity contribution in [1.29, 1.82) is 0 Å². The Morgan fingerprint density at radius 3 is 1.70 bits per heavy atom. The zero-order chi connectivity index (χ0) is 19.4. The molecule has 0 unspecified atom stereocenters. The van der Waals surface area contributed by atoms with Crippen molar-refractivity contribution in [3.63, 3.8) is 0 Å². The number of hydrogen-bond acceptors (Lipinski definition) is 1. The van der Waals surface area contributed by atoms with Gasteiger partial charge >= 0.3 is 0 Å². The van der Waals surface area contributed by atoms with Gasteiger partial charge in [0.2, 0.25) is 0 Å². The molecule has 0 saturated heterocycles. The van der Waals surface area contributed by atoms with Crippen LogP contribution in [-0.2, 0) is 0 Å². The van der Waals surface area contributed by atoms with Crippen LogP contribution in [0.5, 0.6) is 0 Å². The number of carbonyl (C=O) groups excluding carboxylic acids is 1. The molecule has 0 spiro atoms. The standard InChI is InChI=1S/C26H42O/c1-2-3-4-5-6-7-8-9-10-11-12-13-14-15-16-17-21-24-26(27)25-22-19-18-20-23-25/h9-10,18-20,22-23H,2-8,11-17,21,24H2,1H3. The average Bonchev–Trinajstić information content (AvgIpc) is 2.70. The third-order valence-corrected chi connectivity index (χ3v) is 5.26. The number of carbonyl (C=O) groups is 1. The van der Waals surface area contributed by atoms with Crippen molar-refractivity contribution in [2.45, 2.75) is 110 Å². The summed E-state index contributed by atoms with van der Waals surface area (Å²) in [5.74, 6) is 0.295. The van der Waals surface area contributed by atoms with E-state index in [-0.39, 0.29) is 0 Å². The monoisotopic (exact) mass is 370 g/mol. The zero-order valence-electron chi connectivity index (χ0n) is 17.8. The van der Waals surface area contributed by atoms with Crippen LogP contribution in [0.3, 0.4) is 0 Å². The first kappa shape index (κ1) is 23.7. The van der Waals surface area contributed by atoms with E-state index in [0.717, 1.165) is 12.0 Å². The molecule has 1 rings (SSSR count). The van der Waals surface area contributed by atoms with E-state index in [1.165, 1.54) is 89.9 Å². The smallest absolute Gasteiger partial charge is 0.162 e. The number of hydrogen-bond donors (Lipinski definition) is 0. The maximum absolute atomic E-state index is 12.0. The highest BCUT2D eigenvalue weighted by molar-refractivity contribution is 5.95. The Labute approximate surface area is 168 Å². The second-order valence-corrected chi connectivity index (χ2v) is 7.83. The van der Waals surface area contributed by atoms with Gasteiger partial charge in [0.05, 0.1) is 0 Å². The summed E-state index contributed by atoms with van der Waals surface area (Å²) in [5, 5.41) is 0. The number of allylic oxidation sites excluding steroid dienone is 2. The predicted octanol–water partition coefficient (Wildman–Crippen LogP) is 8.69.